The normalized spacial score (nSPS) is 13.6. The number of fused-ring (bicyclic) bond motifs is 1. The van der Waals surface area contributed by atoms with Crippen LogP contribution in [0.25, 0.3) is 5.57 Å². The zero-order valence-electron chi connectivity index (χ0n) is 14.5. The molecule has 0 saturated heterocycles. The van der Waals surface area contributed by atoms with E-state index in [0.717, 1.165) is 53.5 Å². The van der Waals surface area contributed by atoms with E-state index in [9.17, 15) is 8.78 Å². The largest absolute Gasteiger partial charge is 0.207 e. The van der Waals surface area contributed by atoms with Crippen molar-refractivity contribution in [1.82, 2.24) is 0 Å². The number of hydrogen-bond donors (Lipinski definition) is 0. The van der Waals surface area contributed by atoms with Crippen molar-refractivity contribution >= 4 is 5.57 Å². The number of benzene rings is 2. The minimum atomic E-state index is -0.163. The van der Waals surface area contributed by atoms with Crippen LogP contribution in [0.15, 0.2) is 36.4 Å². The molecule has 0 atom stereocenters. The van der Waals surface area contributed by atoms with Crippen molar-refractivity contribution in [3.8, 4) is 0 Å². The average molecular weight is 326 g/mol. The smallest absolute Gasteiger partial charge is 0.130 e. The van der Waals surface area contributed by atoms with Crippen molar-refractivity contribution in [2.75, 3.05) is 0 Å². The summed E-state index contributed by atoms with van der Waals surface area (Å²) < 4.78 is 28.6. The van der Waals surface area contributed by atoms with Crippen molar-refractivity contribution in [2.24, 2.45) is 0 Å². The average Bonchev–Trinajstić information content (AvgIpc) is 2.59. The van der Waals surface area contributed by atoms with Gasteiger partial charge in [0.1, 0.15) is 11.6 Å². The highest BCUT2D eigenvalue weighted by Crippen LogP contribution is 2.31. The Kier molecular flexibility index (Phi) is 5.13. The van der Waals surface area contributed by atoms with Crippen molar-refractivity contribution in [3.05, 3.63) is 75.9 Å². The third-order valence-corrected chi connectivity index (χ3v) is 4.90. The van der Waals surface area contributed by atoms with Crippen molar-refractivity contribution in [2.45, 2.75) is 52.4 Å². The maximum atomic E-state index is 14.5. The Labute approximate surface area is 143 Å². The second-order valence-corrected chi connectivity index (χ2v) is 6.59. The number of allylic oxidation sites excluding steroid dienone is 2. The molecule has 0 aromatic heterocycles. The SMILES string of the molecule is CCCCc1ccc(C2=CCc3cc(CC)c(F)cc3C2)c(F)c1. The van der Waals surface area contributed by atoms with Crippen LogP contribution < -0.4 is 0 Å². The molecule has 126 valence electrons. The summed E-state index contributed by atoms with van der Waals surface area (Å²) in [5.74, 6) is -0.308. The van der Waals surface area contributed by atoms with Crippen LogP contribution >= 0.6 is 0 Å². The minimum absolute atomic E-state index is 0.145. The van der Waals surface area contributed by atoms with Crippen LogP contribution in [0.5, 0.6) is 0 Å². The summed E-state index contributed by atoms with van der Waals surface area (Å²) in [6, 6.07) is 9.15. The van der Waals surface area contributed by atoms with Crippen molar-refractivity contribution < 1.29 is 8.78 Å². The quantitative estimate of drug-likeness (QED) is 0.627. The third-order valence-electron chi connectivity index (χ3n) is 4.90. The molecule has 1 aliphatic carbocycles. The molecule has 2 aromatic carbocycles. The molecule has 0 fully saturated rings. The van der Waals surface area contributed by atoms with Gasteiger partial charge in [-0.3, -0.25) is 0 Å². The fraction of sp³-hybridized carbons (Fsp3) is 0.364. The molecule has 0 radical (unpaired) electrons. The van der Waals surface area contributed by atoms with E-state index in [1.165, 1.54) is 0 Å². The number of unbranched alkanes of at least 4 members (excludes halogenated alkanes) is 1. The highest BCUT2D eigenvalue weighted by Gasteiger charge is 2.17. The number of aryl methyl sites for hydroxylation is 2. The molecule has 0 spiro atoms. The van der Waals surface area contributed by atoms with Crippen LogP contribution in [0.1, 0.15) is 54.5 Å². The number of halogens is 2. The van der Waals surface area contributed by atoms with E-state index in [1.807, 2.05) is 25.1 Å². The molecule has 0 aliphatic heterocycles. The second kappa shape index (κ2) is 7.29. The Bertz CT molecular complexity index is 772. The predicted octanol–water partition coefficient (Wildman–Crippen LogP) is 6.05. The lowest BCUT2D eigenvalue weighted by Crippen LogP contribution is -2.06. The molecule has 3 rings (SSSR count). The van der Waals surface area contributed by atoms with Gasteiger partial charge in [0.25, 0.3) is 0 Å². The summed E-state index contributed by atoms with van der Waals surface area (Å²) >= 11 is 0. The van der Waals surface area contributed by atoms with E-state index < -0.39 is 0 Å². The molecule has 0 bridgehead atoms. The van der Waals surface area contributed by atoms with Crippen molar-refractivity contribution in [3.63, 3.8) is 0 Å². The van der Waals surface area contributed by atoms with Crippen LogP contribution in [0, 0.1) is 11.6 Å². The van der Waals surface area contributed by atoms with Crippen LogP contribution in [0.2, 0.25) is 0 Å². The molecule has 0 amide bonds. The number of hydrogen-bond acceptors (Lipinski definition) is 0. The van der Waals surface area contributed by atoms with Gasteiger partial charge in [-0.2, -0.15) is 0 Å². The van der Waals surface area contributed by atoms with Gasteiger partial charge in [0, 0.05) is 5.56 Å². The topological polar surface area (TPSA) is 0 Å². The molecule has 0 nitrogen and oxygen atoms in total. The lowest BCUT2D eigenvalue weighted by atomic mass is 9.86. The molecule has 0 N–H and O–H groups in total. The molecule has 2 heteroatoms. The van der Waals surface area contributed by atoms with E-state index >= 15 is 0 Å². The van der Waals surface area contributed by atoms with E-state index in [1.54, 1.807) is 12.1 Å². The van der Waals surface area contributed by atoms with Gasteiger partial charge in [0.2, 0.25) is 0 Å². The van der Waals surface area contributed by atoms with Gasteiger partial charge in [-0.25, -0.2) is 8.78 Å². The zero-order chi connectivity index (χ0) is 17.1. The fourth-order valence-electron chi connectivity index (χ4n) is 3.41. The van der Waals surface area contributed by atoms with Crippen LogP contribution in [0.3, 0.4) is 0 Å². The third kappa shape index (κ3) is 3.43. The first kappa shape index (κ1) is 16.9. The van der Waals surface area contributed by atoms with Gasteiger partial charge in [-0.05, 0) is 72.1 Å². The van der Waals surface area contributed by atoms with Gasteiger partial charge in [-0.15, -0.1) is 0 Å². The lowest BCUT2D eigenvalue weighted by molar-refractivity contribution is 0.609. The fourth-order valence-corrected chi connectivity index (χ4v) is 3.41. The van der Waals surface area contributed by atoms with E-state index in [2.05, 4.69) is 13.0 Å². The molecular formula is C22H24F2. The summed E-state index contributed by atoms with van der Waals surface area (Å²) in [4.78, 5) is 0. The Morgan fingerprint density at radius 3 is 2.50 bits per heavy atom. The molecule has 24 heavy (non-hydrogen) atoms. The van der Waals surface area contributed by atoms with E-state index in [-0.39, 0.29) is 11.6 Å². The van der Waals surface area contributed by atoms with Gasteiger partial charge >= 0.3 is 0 Å². The van der Waals surface area contributed by atoms with E-state index in [4.69, 9.17) is 0 Å². The molecule has 1 aliphatic rings. The Hall–Kier alpha value is -1.96. The Morgan fingerprint density at radius 2 is 1.79 bits per heavy atom. The van der Waals surface area contributed by atoms with Crippen LogP contribution in [-0.2, 0) is 25.7 Å². The van der Waals surface area contributed by atoms with Gasteiger partial charge in [0.05, 0.1) is 0 Å². The maximum absolute atomic E-state index is 14.5. The number of rotatable bonds is 5. The molecular weight excluding hydrogens is 302 g/mol. The summed E-state index contributed by atoms with van der Waals surface area (Å²) in [7, 11) is 0. The van der Waals surface area contributed by atoms with Crippen LogP contribution in [0.4, 0.5) is 8.78 Å². The zero-order valence-corrected chi connectivity index (χ0v) is 14.5. The molecule has 2 aromatic rings. The molecule has 0 heterocycles. The maximum Gasteiger partial charge on any atom is 0.130 e. The highest BCUT2D eigenvalue weighted by molar-refractivity contribution is 5.71. The van der Waals surface area contributed by atoms with E-state index in [0.29, 0.717) is 18.4 Å². The predicted molar refractivity (Wildman–Crippen MR) is 96.2 cm³/mol. The van der Waals surface area contributed by atoms with Gasteiger partial charge in [0.15, 0.2) is 0 Å². The first-order valence-electron chi connectivity index (χ1n) is 8.90. The summed E-state index contributed by atoms with van der Waals surface area (Å²) in [6.45, 7) is 4.10. The van der Waals surface area contributed by atoms with Crippen molar-refractivity contribution in [1.29, 1.82) is 0 Å². The summed E-state index contributed by atoms with van der Waals surface area (Å²) in [5.41, 5.74) is 5.57. The Balaban J connectivity index is 1.85. The molecule has 0 saturated carbocycles. The first-order chi connectivity index (χ1) is 11.6. The van der Waals surface area contributed by atoms with Gasteiger partial charge in [-0.1, -0.05) is 44.5 Å². The monoisotopic (exact) mass is 326 g/mol. The van der Waals surface area contributed by atoms with Gasteiger partial charge < -0.3 is 0 Å². The summed E-state index contributed by atoms with van der Waals surface area (Å²) in [5, 5.41) is 0. The standard InChI is InChI=1S/C22H24F2/c1-3-5-6-15-7-10-20(22(24)11-15)18-9-8-17-12-16(4-2)21(23)14-19(17)13-18/h7,9-12,14H,3-6,8,13H2,1-2H3. The second-order valence-electron chi connectivity index (χ2n) is 6.59. The Morgan fingerprint density at radius 1 is 0.958 bits per heavy atom. The first-order valence-corrected chi connectivity index (χ1v) is 8.90. The summed E-state index contributed by atoms with van der Waals surface area (Å²) in [6.07, 6.45) is 7.23. The molecule has 0 unspecified atom stereocenters. The highest BCUT2D eigenvalue weighted by atomic mass is 19.1. The van der Waals surface area contributed by atoms with Crippen LogP contribution in [-0.4, -0.2) is 0 Å². The lowest BCUT2D eigenvalue weighted by Gasteiger charge is -2.19. The minimum Gasteiger partial charge on any atom is -0.207 e.